The van der Waals surface area contributed by atoms with Gasteiger partial charge in [0.2, 0.25) is 0 Å². The fourth-order valence-electron chi connectivity index (χ4n) is 1.70. The highest BCUT2D eigenvalue weighted by Gasteiger charge is 2.25. The van der Waals surface area contributed by atoms with Crippen molar-refractivity contribution in [2.24, 2.45) is 0 Å². The highest BCUT2D eigenvalue weighted by Crippen LogP contribution is 2.14. The molecule has 1 nitrogen and oxygen atoms in total. The summed E-state index contributed by atoms with van der Waals surface area (Å²) in [5, 5.41) is 0. The molecule has 2 aromatic rings. The van der Waals surface area contributed by atoms with Crippen LogP contribution in [-0.4, -0.2) is 13.6 Å². The van der Waals surface area contributed by atoms with Crippen molar-refractivity contribution in [3.05, 3.63) is 66.2 Å². The molecule has 5 heteroatoms. The predicted octanol–water partition coefficient (Wildman–Crippen LogP) is 3.83. The summed E-state index contributed by atoms with van der Waals surface area (Å²) in [7, 11) is 0. The fourth-order valence-corrected chi connectivity index (χ4v) is 1.70. The van der Waals surface area contributed by atoms with Crippen LogP contribution in [0.15, 0.2) is 60.7 Å². The summed E-state index contributed by atoms with van der Waals surface area (Å²) in [6.07, 6.45) is 3.62. The first-order valence-electron chi connectivity index (χ1n) is 6.20. The van der Waals surface area contributed by atoms with Crippen LogP contribution >= 0.6 is 0 Å². The van der Waals surface area contributed by atoms with Crippen LogP contribution in [-0.2, 0) is 0 Å². The Hall–Kier alpha value is -2.17. The zero-order valence-corrected chi connectivity index (χ0v) is 10.7. The lowest BCUT2D eigenvalue weighted by atomic mass is 9.80. The molecule has 0 unspecified atom stereocenters. The van der Waals surface area contributed by atoms with Crippen molar-refractivity contribution in [2.75, 3.05) is 6.61 Å². The van der Waals surface area contributed by atoms with Crippen molar-refractivity contribution in [2.45, 2.75) is 0 Å². The zero-order chi connectivity index (χ0) is 14.4. The first-order valence-corrected chi connectivity index (χ1v) is 6.20. The summed E-state index contributed by atoms with van der Waals surface area (Å²) in [6.45, 7) is -4.76. The number of halogens is 3. The topological polar surface area (TPSA) is 9.23 Å². The van der Waals surface area contributed by atoms with Crippen molar-refractivity contribution < 1.29 is 17.7 Å². The third-order valence-electron chi connectivity index (χ3n) is 2.69. The number of benzene rings is 2. The molecule has 0 aliphatic heterocycles. The van der Waals surface area contributed by atoms with E-state index in [2.05, 4.69) is 0 Å². The summed E-state index contributed by atoms with van der Waals surface area (Å²) in [4.78, 5) is 0. The minimum absolute atomic E-state index is 0.222. The maximum atomic E-state index is 12.6. The normalized spacial score (nSPS) is 11.8. The van der Waals surface area contributed by atoms with Gasteiger partial charge in [0.25, 0.3) is 0 Å². The largest absolute Gasteiger partial charge is 0.509 e. The van der Waals surface area contributed by atoms with Gasteiger partial charge in [-0.25, -0.2) is 0 Å². The van der Waals surface area contributed by atoms with Gasteiger partial charge in [0, 0.05) is 0 Å². The molecule has 0 fully saturated rings. The van der Waals surface area contributed by atoms with Crippen LogP contribution in [0.2, 0.25) is 0 Å². The molecule has 0 aromatic heterocycles. The molecular formula is C15H13BF3O-. The van der Waals surface area contributed by atoms with Crippen molar-refractivity contribution in [3.63, 3.8) is 0 Å². The third kappa shape index (κ3) is 4.19. The molecule has 2 aromatic carbocycles. The summed E-state index contributed by atoms with van der Waals surface area (Å²) < 4.78 is 43.0. The number of hydrogen-bond acceptors (Lipinski definition) is 1. The molecule has 0 saturated heterocycles. The van der Waals surface area contributed by atoms with Gasteiger partial charge in [0.05, 0.1) is 0 Å². The average molecular weight is 277 g/mol. The van der Waals surface area contributed by atoms with Crippen LogP contribution in [0.1, 0.15) is 5.56 Å². The molecule has 20 heavy (non-hydrogen) atoms. The second kappa shape index (κ2) is 6.32. The molecule has 2 rings (SSSR count). The SMILES string of the molecule is F[B-](F)(F)c1cccc(OCC=Cc2ccccc2)c1. The Kier molecular flexibility index (Phi) is 4.51. The number of hydrogen-bond donors (Lipinski definition) is 0. The van der Waals surface area contributed by atoms with Gasteiger partial charge in [-0.15, -0.1) is 5.46 Å². The molecule has 0 atom stereocenters. The first kappa shape index (κ1) is 14.2. The summed E-state index contributed by atoms with van der Waals surface area (Å²) in [5.74, 6) is 0.222. The number of rotatable bonds is 5. The van der Waals surface area contributed by atoms with E-state index in [1.54, 1.807) is 6.08 Å². The van der Waals surface area contributed by atoms with Crippen molar-refractivity contribution >= 4 is 18.5 Å². The van der Waals surface area contributed by atoms with Gasteiger partial charge in [-0.2, -0.15) is 0 Å². The van der Waals surface area contributed by atoms with E-state index in [-0.39, 0.29) is 12.4 Å². The minimum Gasteiger partial charge on any atom is -0.490 e. The van der Waals surface area contributed by atoms with E-state index in [9.17, 15) is 12.9 Å². The molecule has 0 aliphatic carbocycles. The molecule has 0 heterocycles. The van der Waals surface area contributed by atoms with Crippen LogP contribution in [0.4, 0.5) is 12.9 Å². The number of ether oxygens (including phenoxy) is 1. The standard InChI is InChI=1S/C15H13BF3O/c17-16(18,19)14-9-4-10-15(12-14)20-11-5-8-13-6-2-1-3-7-13/h1-10,12H,11H2/q-1. The van der Waals surface area contributed by atoms with Gasteiger partial charge < -0.3 is 17.7 Å². The van der Waals surface area contributed by atoms with Crippen LogP contribution in [0.25, 0.3) is 6.08 Å². The summed E-state index contributed by atoms with van der Waals surface area (Å²) in [5.41, 5.74) is 0.373. The Morgan fingerprint density at radius 1 is 0.950 bits per heavy atom. The lowest BCUT2D eigenvalue weighted by molar-refractivity contribution is 0.363. The quantitative estimate of drug-likeness (QED) is 0.754. The van der Waals surface area contributed by atoms with E-state index in [1.165, 1.54) is 12.1 Å². The van der Waals surface area contributed by atoms with E-state index in [1.807, 2.05) is 36.4 Å². The van der Waals surface area contributed by atoms with Gasteiger partial charge in [0.15, 0.2) is 0 Å². The molecule has 0 spiro atoms. The Morgan fingerprint density at radius 2 is 1.70 bits per heavy atom. The van der Waals surface area contributed by atoms with Crippen molar-refractivity contribution in [1.29, 1.82) is 0 Å². The highest BCUT2D eigenvalue weighted by molar-refractivity contribution is 6.73. The lowest BCUT2D eigenvalue weighted by Gasteiger charge is -2.15. The van der Waals surface area contributed by atoms with Crippen LogP contribution in [0, 0.1) is 0 Å². The molecular weight excluding hydrogens is 264 g/mol. The van der Waals surface area contributed by atoms with E-state index in [0.29, 0.717) is 0 Å². The maximum Gasteiger partial charge on any atom is 0.509 e. The lowest BCUT2D eigenvalue weighted by Crippen LogP contribution is -2.33. The molecule has 0 saturated carbocycles. The molecule has 0 radical (unpaired) electrons. The van der Waals surface area contributed by atoms with Crippen LogP contribution < -0.4 is 10.2 Å². The maximum absolute atomic E-state index is 12.6. The van der Waals surface area contributed by atoms with Gasteiger partial charge in [0.1, 0.15) is 12.4 Å². The van der Waals surface area contributed by atoms with E-state index < -0.39 is 12.4 Å². The second-order valence-electron chi connectivity index (χ2n) is 4.27. The van der Waals surface area contributed by atoms with Gasteiger partial charge in [-0.1, -0.05) is 48.5 Å². The van der Waals surface area contributed by atoms with Crippen LogP contribution in [0.3, 0.4) is 0 Å². The van der Waals surface area contributed by atoms with Crippen molar-refractivity contribution in [1.82, 2.24) is 0 Å². The first-order chi connectivity index (χ1) is 9.55. The molecule has 104 valence electrons. The van der Waals surface area contributed by atoms with Crippen LogP contribution in [0.5, 0.6) is 5.75 Å². The third-order valence-corrected chi connectivity index (χ3v) is 2.69. The summed E-state index contributed by atoms with van der Waals surface area (Å²) >= 11 is 0. The van der Waals surface area contributed by atoms with E-state index in [4.69, 9.17) is 4.74 Å². The van der Waals surface area contributed by atoms with Gasteiger partial charge in [-0.05, 0) is 23.8 Å². The Bertz CT molecular complexity index is 579. The van der Waals surface area contributed by atoms with E-state index >= 15 is 0 Å². The second-order valence-corrected chi connectivity index (χ2v) is 4.27. The zero-order valence-electron chi connectivity index (χ0n) is 10.7. The Labute approximate surface area is 115 Å². The smallest absolute Gasteiger partial charge is 0.490 e. The molecule has 0 amide bonds. The highest BCUT2D eigenvalue weighted by atomic mass is 19.4. The minimum atomic E-state index is -4.98. The van der Waals surface area contributed by atoms with E-state index in [0.717, 1.165) is 17.7 Å². The Morgan fingerprint density at radius 3 is 2.40 bits per heavy atom. The van der Waals surface area contributed by atoms with Gasteiger partial charge >= 0.3 is 6.98 Å². The Balaban J connectivity index is 1.93. The monoisotopic (exact) mass is 277 g/mol. The molecule has 0 bridgehead atoms. The summed E-state index contributed by atoms with van der Waals surface area (Å²) in [6, 6.07) is 14.5. The average Bonchev–Trinajstić information content (AvgIpc) is 2.44. The van der Waals surface area contributed by atoms with Gasteiger partial charge in [-0.3, -0.25) is 0 Å². The fraction of sp³-hybridized carbons (Fsp3) is 0.0667. The van der Waals surface area contributed by atoms with Crippen molar-refractivity contribution in [3.8, 4) is 5.75 Å². The predicted molar refractivity (Wildman–Crippen MR) is 76.1 cm³/mol. The molecule has 0 aliphatic rings. The molecule has 0 N–H and O–H groups in total.